The lowest BCUT2D eigenvalue weighted by atomic mass is 9.99. The second kappa shape index (κ2) is 9.32. The molecule has 0 spiro atoms. The number of carbonyl (C=O) groups is 1. The molecule has 8 heteroatoms. The number of nitrogens with one attached hydrogen (secondary N) is 1. The van der Waals surface area contributed by atoms with Crippen LogP contribution in [0.15, 0.2) is 46.6 Å². The Bertz CT molecular complexity index is 1120. The van der Waals surface area contributed by atoms with E-state index in [2.05, 4.69) is 10.2 Å². The van der Waals surface area contributed by atoms with E-state index in [1.54, 1.807) is 12.1 Å². The third kappa shape index (κ3) is 4.29. The zero-order chi connectivity index (χ0) is 20.0. The first-order valence-corrected chi connectivity index (χ1v) is 9.81. The number of nitrogens with zero attached hydrogens (tertiary/aromatic N) is 1. The lowest BCUT2D eigenvalue weighted by molar-refractivity contribution is 0.101. The van der Waals surface area contributed by atoms with Gasteiger partial charge in [-0.2, -0.15) is 0 Å². The third-order valence-electron chi connectivity index (χ3n) is 5.53. The molecule has 2 aliphatic rings. The molecule has 2 aromatic carbocycles. The molecule has 0 amide bonds. The summed E-state index contributed by atoms with van der Waals surface area (Å²) < 4.78 is 11.8. The number of furan rings is 1. The van der Waals surface area contributed by atoms with Crippen molar-refractivity contribution in [2.75, 3.05) is 26.2 Å². The fourth-order valence-corrected chi connectivity index (χ4v) is 4.03. The first-order chi connectivity index (χ1) is 14.1. The number of ether oxygens (including phenoxy) is 1. The molecule has 5 rings (SSSR count). The Morgan fingerprint density at radius 2 is 1.90 bits per heavy atom. The molecule has 2 aliphatic heterocycles. The highest BCUT2D eigenvalue weighted by atomic mass is 35.5. The molecular weight excluding hydrogens is 439 g/mol. The molecule has 3 heterocycles. The van der Waals surface area contributed by atoms with Crippen LogP contribution < -0.4 is 10.1 Å². The van der Waals surface area contributed by atoms with Crippen LogP contribution in [0.4, 0.5) is 0 Å². The van der Waals surface area contributed by atoms with Gasteiger partial charge in [-0.1, -0.05) is 18.2 Å². The Morgan fingerprint density at radius 3 is 2.65 bits per heavy atom. The second-order valence-corrected chi connectivity index (χ2v) is 7.55. The molecule has 0 saturated carbocycles. The van der Waals surface area contributed by atoms with E-state index in [0.717, 1.165) is 37.1 Å². The number of phenols is 1. The van der Waals surface area contributed by atoms with Crippen LogP contribution in [0.2, 0.25) is 0 Å². The van der Waals surface area contributed by atoms with E-state index in [1.807, 2.05) is 37.3 Å². The Balaban J connectivity index is 0.00000136. The van der Waals surface area contributed by atoms with Crippen molar-refractivity contribution in [1.82, 2.24) is 10.2 Å². The summed E-state index contributed by atoms with van der Waals surface area (Å²) in [6.07, 6.45) is 1.63. The van der Waals surface area contributed by atoms with Gasteiger partial charge in [-0.25, -0.2) is 0 Å². The van der Waals surface area contributed by atoms with Crippen molar-refractivity contribution in [3.63, 3.8) is 0 Å². The summed E-state index contributed by atoms with van der Waals surface area (Å²) in [4.78, 5) is 15.3. The first kappa shape index (κ1) is 23.2. The molecular formula is C23H24Cl2N2O4. The van der Waals surface area contributed by atoms with Crippen LogP contribution >= 0.6 is 24.8 Å². The summed E-state index contributed by atoms with van der Waals surface area (Å²) >= 11 is 0. The van der Waals surface area contributed by atoms with Crippen LogP contribution in [0.5, 0.6) is 11.5 Å². The van der Waals surface area contributed by atoms with Crippen molar-refractivity contribution in [2.45, 2.75) is 13.5 Å². The number of carbonyl (C=O) groups excluding carboxylic acids is 1. The maximum atomic E-state index is 13.1. The minimum atomic E-state index is -0.181. The number of para-hydroxylation sites is 1. The SMILES string of the molecule is Cc1cc(O)c(CN2CCNCC2)c2c1C(=O)C(=Cc1cc3ccccc3o1)O2.Cl.Cl. The lowest BCUT2D eigenvalue weighted by Gasteiger charge is -2.28. The van der Waals surface area contributed by atoms with Crippen molar-refractivity contribution in [1.29, 1.82) is 0 Å². The number of aromatic hydroxyl groups is 1. The summed E-state index contributed by atoms with van der Waals surface area (Å²) in [5, 5.41) is 14.9. The summed E-state index contributed by atoms with van der Waals surface area (Å²) in [5.74, 6) is 1.23. The minimum Gasteiger partial charge on any atom is -0.507 e. The predicted octanol–water partition coefficient (Wildman–Crippen LogP) is 4.31. The van der Waals surface area contributed by atoms with Gasteiger partial charge in [0.25, 0.3) is 0 Å². The van der Waals surface area contributed by atoms with E-state index in [1.165, 1.54) is 0 Å². The highest BCUT2D eigenvalue weighted by Crippen LogP contribution is 2.42. The number of phenolic OH excluding ortho intramolecular Hbond substituents is 1. The number of ketones is 1. The summed E-state index contributed by atoms with van der Waals surface area (Å²) in [6.45, 7) is 5.95. The molecule has 1 fully saturated rings. The Hall–Kier alpha value is -2.51. The average Bonchev–Trinajstić information content (AvgIpc) is 3.27. The number of hydrogen-bond acceptors (Lipinski definition) is 6. The van der Waals surface area contributed by atoms with Crippen LogP contribution in [0.1, 0.15) is 27.2 Å². The summed E-state index contributed by atoms with van der Waals surface area (Å²) in [7, 11) is 0. The Labute approximate surface area is 192 Å². The number of allylic oxidation sites excluding steroid dienone is 1. The average molecular weight is 463 g/mol. The molecule has 0 atom stereocenters. The zero-order valence-electron chi connectivity index (χ0n) is 17.0. The van der Waals surface area contributed by atoms with Crippen molar-refractivity contribution in [2.24, 2.45) is 0 Å². The Morgan fingerprint density at radius 1 is 1.16 bits per heavy atom. The van der Waals surface area contributed by atoms with E-state index in [9.17, 15) is 9.90 Å². The van der Waals surface area contributed by atoms with Gasteiger partial charge in [0.15, 0.2) is 5.76 Å². The number of fused-ring (bicyclic) bond motifs is 2. The van der Waals surface area contributed by atoms with Crippen LogP contribution in [0.3, 0.4) is 0 Å². The first-order valence-electron chi connectivity index (χ1n) is 9.81. The van der Waals surface area contributed by atoms with Crippen LogP contribution in [-0.2, 0) is 6.54 Å². The number of benzene rings is 2. The van der Waals surface area contributed by atoms with Gasteiger partial charge in [-0.15, -0.1) is 24.8 Å². The van der Waals surface area contributed by atoms with E-state index in [0.29, 0.717) is 34.7 Å². The van der Waals surface area contributed by atoms with Gasteiger partial charge < -0.3 is 19.6 Å². The van der Waals surface area contributed by atoms with Crippen molar-refractivity contribution < 1.29 is 19.1 Å². The van der Waals surface area contributed by atoms with Crippen molar-refractivity contribution in [3.05, 3.63) is 64.6 Å². The van der Waals surface area contributed by atoms with Gasteiger partial charge in [0.1, 0.15) is 22.8 Å². The van der Waals surface area contributed by atoms with E-state index >= 15 is 0 Å². The molecule has 164 valence electrons. The number of piperazine rings is 1. The molecule has 1 saturated heterocycles. The van der Waals surface area contributed by atoms with Crippen LogP contribution in [0.25, 0.3) is 17.0 Å². The standard InChI is InChI=1S/C23H22N2O4.2ClH/c1-14-10-18(26)17(13-25-8-6-24-7-9-25)23-21(14)22(27)20(29-23)12-16-11-15-4-2-3-5-19(15)28-16;;/h2-5,10-12,24,26H,6-9,13H2,1H3;2*1H. The third-order valence-corrected chi connectivity index (χ3v) is 5.53. The number of halogens is 2. The predicted molar refractivity (Wildman–Crippen MR) is 125 cm³/mol. The zero-order valence-corrected chi connectivity index (χ0v) is 18.6. The molecule has 0 bridgehead atoms. The summed E-state index contributed by atoms with van der Waals surface area (Å²) in [6, 6.07) is 11.2. The molecule has 3 aromatic rings. The van der Waals surface area contributed by atoms with Gasteiger partial charge in [0, 0.05) is 44.2 Å². The maximum absolute atomic E-state index is 13.1. The normalized spacial score (nSPS) is 17.2. The quantitative estimate of drug-likeness (QED) is 0.564. The largest absolute Gasteiger partial charge is 0.507 e. The number of aryl methyl sites for hydroxylation is 1. The van der Waals surface area contributed by atoms with Gasteiger partial charge >= 0.3 is 0 Å². The fourth-order valence-electron chi connectivity index (χ4n) is 4.03. The highest BCUT2D eigenvalue weighted by molar-refractivity contribution is 6.15. The Kier molecular flexibility index (Phi) is 6.96. The summed E-state index contributed by atoms with van der Waals surface area (Å²) in [5.41, 5.74) is 2.65. The van der Waals surface area contributed by atoms with E-state index < -0.39 is 0 Å². The van der Waals surface area contributed by atoms with Crippen LogP contribution in [-0.4, -0.2) is 42.0 Å². The van der Waals surface area contributed by atoms with Gasteiger partial charge in [0.2, 0.25) is 5.78 Å². The molecule has 0 aliphatic carbocycles. The highest BCUT2D eigenvalue weighted by Gasteiger charge is 2.34. The second-order valence-electron chi connectivity index (χ2n) is 7.55. The number of hydrogen-bond donors (Lipinski definition) is 2. The fraction of sp³-hybridized carbons (Fsp3) is 0.261. The minimum absolute atomic E-state index is 0. The van der Waals surface area contributed by atoms with Crippen LogP contribution in [0, 0.1) is 6.92 Å². The molecule has 1 aromatic heterocycles. The van der Waals surface area contributed by atoms with E-state index in [4.69, 9.17) is 9.15 Å². The molecule has 31 heavy (non-hydrogen) atoms. The number of rotatable bonds is 3. The smallest absolute Gasteiger partial charge is 0.232 e. The lowest BCUT2D eigenvalue weighted by Crippen LogP contribution is -2.42. The van der Waals surface area contributed by atoms with Gasteiger partial charge in [0.05, 0.1) is 11.1 Å². The van der Waals surface area contributed by atoms with Gasteiger partial charge in [-0.3, -0.25) is 9.69 Å². The monoisotopic (exact) mass is 462 g/mol. The van der Waals surface area contributed by atoms with Gasteiger partial charge in [-0.05, 0) is 30.7 Å². The van der Waals surface area contributed by atoms with Crippen molar-refractivity contribution in [3.8, 4) is 11.5 Å². The number of Topliss-reactive ketones (excluding diaryl/α,β-unsaturated/α-hetero) is 1. The molecule has 2 N–H and O–H groups in total. The van der Waals surface area contributed by atoms with E-state index in [-0.39, 0.29) is 42.1 Å². The molecule has 6 nitrogen and oxygen atoms in total. The molecule has 0 unspecified atom stereocenters. The molecule has 0 radical (unpaired) electrons. The maximum Gasteiger partial charge on any atom is 0.232 e. The van der Waals surface area contributed by atoms with Crippen molar-refractivity contribution >= 4 is 47.6 Å². The topological polar surface area (TPSA) is 74.9 Å².